The molecule has 0 unspecified atom stereocenters. The van der Waals surface area contributed by atoms with Gasteiger partial charge in [0.2, 0.25) is 11.9 Å². The van der Waals surface area contributed by atoms with Crippen molar-refractivity contribution in [1.82, 2.24) is 9.80 Å². The second kappa shape index (κ2) is 4.64. The number of guanidine groups is 1. The number of carbonyl (C=O) groups is 1. The molecule has 0 aromatic heterocycles. The minimum absolute atomic E-state index is 0. The second-order valence-electron chi connectivity index (χ2n) is 2.73. The molecule has 1 heterocycles. The van der Waals surface area contributed by atoms with Gasteiger partial charge in [-0.25, -0.2) is 0 Å². The van der Waals surface area contributed by atoms with E-state index < -0.39 is 0 Å². The first-order valence-corrected chi connectivity index (χ1v) is 3.77. The van der Waals surface area contributed by atoms with Gasteiger partial charge in [-0.2, -0.15) is 0 Å². The average Bonchev–Trinajstić information content (AvgIpc) is 2.17. The molecule has 4 nitrogen and oxygen atoms in total. The summed E-state index contributed by atoms with van der Waals surface area (Å²) >= 11 is 0. The van der Waals surface area contributed by atoms with Crippen molar-refractivity contribution in [2.75, 3.05) is 20.1 Å². The summed E-state index contributed by atoms with van der Waals surface area (Å²) in [7, 11) is 1.76. The van der Waals surface area contributed by atoms with Crippen LogP contribution in [0, 0.1) is 5.41 Å². The fraction of sp³-hybridized carbons (Fsp3) is 0.714. The topological polar surface area (TPSA) is 47.4 Å². The number of halogens is 1. The fourth-order valence-electron chi connectivity index (χ4n) is 1.14. The Hall–Kier alpha value is -0.330. The molecule has 0 aromatic carbocycles. The highest BCUT2D eigenvalue weighted by molar-refractivity contribution is 14.0. The molecule has 0 aliphatic carbocycles. The normalized spacial score (nSPS) is 16.8. The summed E-state index contributed by atoms with van der Waals surface area (Å²) in [6, 6.07) is 0. The lowest BCUT2D eigenvalue weighted by atomic mass is 10.4. The van der Waals surface area contributed by atoms with Crippen LogP contribution in [0.5, 0.6) is 0 Å². The highest BCUT2D eigenvalue weighted by atomic mass is 127. The van der Waals surface area contributed by atoms with Gasteiger partial charge in [-0.1, -0.05) is 6.92 Å². The maximum atomic E-state index is 11.1. The Labute approximate surface area is 89.4 Å². The molecule has 1 aliphatic rings. The van der Waals surface area contributed by atoms with Gasteiger partial charge in [0.15, 0.2) is 0 Å². The van der Waals surface area contributed by atoms with E-state index in [0.717, 1.165) is 6.42 Å². The highest BCUT2D eigenvalue weighted by Crippen LogP contribution is 2.06. The lowest BCUT2D eigenvalue weighted by Gasteiger charge is -2.15. The van der Waals surface area contributed by atoms with Crippen LogP contribution in [0.15, 0.2) is 0 Å². The quantitative estimate of drug-likeness (QED) is 0.759. The molecule has 0 saturated carbocycles. The number of likely N-dealkylation sites (N-methyl/N-ethyl adjacent to an activating group) is 1. The van der Waals surface area contributed by atoms with Gasteiger partial charge < -0.3 is 4.90 Å². The molecule has 0 bridgehead atoms. The summed E-state index contributed by atoms with van der Waals surface area (Å²) in [5.74, 6) is 0.371. The Morgan fingerprint density at radius 1 is 1.58 bits per heavy atom. The molecule has 1 rings (SSSR count). The molecule has 1 N–H and O–H groups in total. The molecule has 0 aromatic rings. The van der Waals surface area contributed by atoms with Crippen molar-refractivity contribution in [2.45, 2.75) is 13.3 Å². The van der Waals surface area contributed by atoms with E-state index in [4.69, 9.17) is 5.41 Å². The number of rotatable bonds is 2. The third-order valence-electron chi connectivity index (χ3n) is 1.74. The van der Waals surface area contributed by atoms with E-state index >= 15 is 0 Å². The van der Waals surface area contributed by atoms with Crippen molar-refractivity contribution in [3.63, 3.8) is 0 Å². The Kier molecular flexibility index (Phi) is 4.51. The second-order valence-corrected chi connectivity index (χ2v) is 2.73. The van der Waals surface area contributed by atoms with Crippen LogP contribution in [-0.2, 0) is 4.79 Å². The zero-order valence-corrected chi connectivity index (χ0v) is 9.66. The summed E-state index contributed by atoms with van der Waals surface area (Å²) in [5.41, 5.74) is 0. The molecule has 0 radical (unpaired) electrons. The SMILES string of the molecule is CCCN1C(=N)N(C)CC1=O.I. The molecule has 1 fully saturated rings. The number of nitrogens with one attached hydrogen (secondary N) is 1. The first kappa shape index (κ1) is 11.7. The molecule has 1 amide bonds. The molecule has 1 saturated heterocycles. The third kappa shape index (κ3) is 2.09. The van der Waals surface area contributed by atoms with Gasteiger partial charge in [-0.3, -0.25) is 15.1 Å². The van der Waals surface area contributed by atoms with E-state index in [1.54, 1.807) is 11.9 Å². The lowest BCUT2D eigenvalue weighted by molar-refractivity contribution is -0.125. The van der Waals surface area contributed by atoms with Crippen LogP contribution in [0.1, 0.15) is 13.3 Å². The molecule has 12 heavy (non-hydrogen) atoms. The average molecular weight is 283 g/mol. The minimum Gasteiger partial charge on any atom is -0.336 e. The van der Waals surface area contributed by atoms with Crippen LogP contribution >= 0.6 is 24.0 Å². The van der Waals surface area contributed by atoms with Gasteiger partial charge >= 0.3 is 0 Å². The van der Waals surface area contributed by atoms with Gasteiger partial charge in [-0.15, -0.1) is 24.0 Å². The van der Waals surface area contributed by atoms with Gasteiger partial charge in [0.05, 0.1) is 6.54 Å². The van der Waals surface area contributed by atoms with E-state index in [9.17, 15) is 4.79 Å². The number of carbonyl (C=O) groups excluding carboxylic acids is 1. The van der Waals surface area contributed by atoms with Crippen LogP contribution in [-0.4, -0.2) is 41.8 Å². The summed E-state index contributed by atoms with van der Waals surface area (Å²) in [6.07, 6.45) is 0.905. The Bertz CT molecular complexity index is 195. The molecule has 0 atom stereocenters. The third-order valence-corrected chi connectivity index (χ3v) is 1.74. The maximum Gasteiger partial charge on any atom is 0.248 e. The van der Waals surface area contributed by atoms with Gasteiger partial charge in [0, 0.05) is 13.6 Å². The zero-order chi connectivity index (χ0) is 8.43. The fourth-order valence-corrected chi connectivity index (χ4v) is 1.14. The maximum absolute atomic E-state index is 11.1. The summed E-state index contributed by atoms with van der Waals surface area (Å²) in [5, 5.41) is 7.48. The number of amides is 1. The van der Waals surface area contributed by atoms with Crippen molar-refractivity contribution in [2.24, 2.45) is 0 Å². The van der Waals surface area contributed by atoms with Crippen LogP contribution in [0.4, 0.5) is 0 Å². The van der Waals surface area contributed by atoms with E-state index in [0.29, 0.717) is 19.0 Å². The summed E-state index contributed by atoms with van der Waals surface area (Å²) in [6.45, 7) is 3.03. The van der Waals surface area contributed by atoms with E-state index in [-0.39, 0.29) is 29.9 Å². The summed E-state index contributed by atoms with van der Waals surface area (Å²) < 4.78 is 0. The van der Waals surface area contributed by atoms with Crippen molar-refractivity contribution in [3.8, 4) is 0 Å². The number of nitrogens with zero attached hydrogens (tertiary/aromatic N) is 2. The molecular formula is C7H14IN3O. The highest BCUT2D eigenvalue weighted by Gasteiger charge is 2.28. The molecule has 0 spiro atoms. The monoisotopic (exact) mass is 283 g/mol. The smallest absolute Gasteiger partial charge is 0.248 e. The predicted octanol–water partition coefficient (Wildman–Crippen LogP) is 0.723. The first-order chi connectivity index (χ1) is 5.16. The number of hydrogen-bond acceptors (Lipinski definition) is 2. The standard InChI is InChI=1S/C7H13N3O.HI/c1-3-4-10-6(11)5-9(2)7(10)8;/h8H,3-5H2,1-2H3;1H. The van der Waals surface area contributed by atoms with Gasteiger partial charge in [0.1, 0.15) is 0 Å². The molecular weight excluding hydrogens is 269 g/mol. The van der Waals surface area contributed by atoms with Crippen molar-refractivity contribution < 1.29 is 4.79 Å². The van der Waals surface area contributed by atoms with Crippen LogP contribution in [0.2, 0.25) is 0 Å². The Morgan fingerprint density at radius 2 is 2.17 bits per heavy atom. The van der Waals surface area contributed by atoms with Crippen LogP contribution in [0.25, 0.3) is 0 Å². The molecule has 70 valence electrons. The van der Waals surface area contributed by atoms with E-state index in [1.807, 2.05) is 6.92 Å². The Balaban J connectivity index is 0.00000121. The minimum atomic E-state index is 0. The lowest BCUT2D eigenvalue weighted by Crippen LogP contribution is -2.32. The zero-order valence-electron chi connectivity index (χ0n) is 7.33. The molecule has 5 heteroatoms. The van der Waals surface area contributed by atoms with Crippen molar-refractivity contribution in [1.29, 1.82) is 5.41 Å². The predicted molar refractivity (Wildman–Crippen MR) is 57.8 cm³/mol. The van der Waals surface area contributed by atoms with Crippen molar-refractivity contribution >= 4 is 35.8 Å². The number of hydrogen-bond donors (Lipinski definition) is 1. The van der Waals surface area contributed by atoms with Gasteiger partial charge in [-0.05, 0) is 6.42 Å². The largest absolute Gasteiger partial charge is 0.336 e. The van der Waals surface area contributed by atoms with Crippen LogP contribution in [0.3, 0.4) is 0 Å². The van der Waals surface area contributed by atoms with Crippen LogP contribution < -0.4 is 0 Å². The first-order valence-electron chi connectivity index (χ1n) is 3.77. The molecule has 1 aliphatic heterocycles. The van der Waals surface area contributed by atoms with E-state index in [2.05, 4.69) is 0 Å². The van der Waals surface area contributed by atoms with Gasteiger partial charge in [0.25, 0.3) is 0 Å². The Morgan fingerprint density at radius 3 is 2.50 bits per heavy atom. The summed E-state index contributed by atoms with van der Waals surface area (Å²) in [4.78, 5) is 14.3. The van der Waals surface area contributed by atoms with E-state index in [1.165, 1.54) is 4.90 Å². The van der Waals surface area contributed by atoms with Crippen molar-refractivity contribution in [3.05, 3.63) is 0 Å².